The summed E-state index contributed by atoms with van der Waals surface area (Å²) < 4.78 is 28.0. The molecule has 0 N–H and O–H groups in total. The summed E-state index contributed by atoms with van der Waals surface area (Å²) in [7, 11) is 1.51. The Balaban J connectivity index is 1.89. The zero-order chi connectivity index (χ0) is 21.8. The number of hydrogen-bond donors (Lipinski definition) is 0. The molecule has 0 radical (unpaired) electrons. The van der Waals surface area contributed by atoms with Gasteiger partial charge in [-0.15, -0.1) is 0 Å². The quantitative estimate of drug-likeness (QED) is 0.350. The molecule has 1 aromatic heterocycles. The third-order valence-corrected chi connectivity index (χ3v) is 6.03. The van der Waals surface area contributed by atoms with Gasteiger partial charge in [-0.2, -0.15) is 0 Å². The Kier molecular flexibility index (Phi) is 7.56. The molecule has 30 heavy (non-hydrogen) atoms. The minimum Gasteiger partial charge on any atom is -0.460 e. The summed E-state index contributed by atoms with van der Waals surface area (Å²) in [5.41, 5.74) is 0.328. The van der Waals surface area contributed by atoms with Crippen LogP contribution in [0.3, 0.4) is 0 Å². The van der Waals surface area contributed by atoms with Crippen LogP contribution in [0.2, 0.25) is 5.02 Å². The third kappa shape index (κ3) is 5.23. The van der Waals surface area contributed by atoms with E-state index in [-0.39, 0.29) is 33.5 Å². The van der Waals surface area contributed by atoms with Crippen LogP contribution in [-0.4, -0.2) is 40.0 Å². The SMILES string of the molecule is COCC(C)OC(=O)CC(=S)c1cc(N=c2sc(=O)n3n2CCCC3)c(F)cc1Cl. The average molecular weight is 474 g/mol. The summed E-state index contributed by atoms with van der Waals surface area (Å²) in [5, 5.41) is 0.0777. The van der Waals surface area contributed by atoms with Crippen molar-refractivity contribution in [1.82, 2.24) is 9.36 Å². The molecule has 2 aromatic rings. The first-order valence-corrected chi connectivity index (χ1v) is 11.0. The zero-order valence-electron chi connectivity index (χ0n) is 16.5. The van der Waals surface area contributed by atoms with E-state index in [1.54, 1.807) is 16.3 Å². The van der Waals surface area contributed by atoms with E-state index in [0.29, 0.717) is 23.5 Å². The van der Waals surface area contributed by atoms with E-state index in [4.69, 9.17) is 33.3 Å². The van der Waals surface area contributed by atoms with Gasteiger partial charge in [-0.3, -0.25) is 14.3 Å². The maximum atomic E-state index is 14.5. The van der Waals surface area contributed by atoms with Gasteiger partial charge in [0.05, 0.1) is 18.1 Å². The first-order chi connectivity index (χ1) is 14.3. The monoisotopic (exact) mass is 473 g/mol. The number of thiocarbonyl (C=S) groups is 1. The van der Waals surface area contributed by atoms with E-state index >= 15 is 0 Å². The number of carbonyl (C=O) groups excluding carboxylic acids is 1. The molecular weight excluding hydrogens is 453 g/mol. The number of carbonyl (C=O) groups is 1. The highest BCUT2D eigenvalue weighted by Gasteiger charge is 2.18. The number of rotatable bonds is 7. The van der Waals surface area contributed by atoms with Crippen molar-refractivity contribution < 1.29 is 18.7 Å². The largest absolute Gasteiger partial charge is 0.460 e. The summed E-state index contributed by atoms with van der Waals surface area (Å²) in [6.45, 7) is 3.23. The van der Waals surface area contributed by atoms with Gasteiger partial charge in [0.15, 0.2) is 0 Å². The lowest BCUT2D eigenvalue weighted by atomic mass is 10.1. The molecule has 2 heterocycles. The van der Waals surface area contributed by atoms with Gasteiger partial charge in [-0.05, 0) is 43.2 Å². The number of benzene rings is 1. The summed E-state index contributed by atoms with van der Waals surface area (Å²) in [6, 6.07) is 2.51. The van der Waals surface area contributed by atoms with Gasteiger partial charge in [0.25, 0.3) is 0 Å². The summed E-state index contributed by atoms with van der Waals surface area (Å²) in [6.07, 6.45) is 1.24. The van der Waals surface area contributed by atoms with Gasteiger partial charge in [-0.1, -0.05) is 23.8 Å². The summed E-state index contributed by atoms with van der Waals surface area (Å²) in [4.78, 5) is 29.1. The van der Waals surface area contributed by atoms with Crippen LogP contribution >= 0.6 is 35.2 Å². The van der Waals surface area contributed by atoms with Gasteiger partial charge in [0, 0.05) is 30.6 Å². The number of fused-ring (bicyclic) bond motifs is 1. The Morgan fingerprint density at radius 3 is 2.77 bits per heavy atom. The van der Waals surface area contributed by atoms with Crippen LogP contribution in [0.25, 0.3) is 0 Å². The molecular formula is C19H21ClFN3O4S2. The number of halogens is 2. The molecule has 1 aliphatic rings. The van der Waals surface area contributed by atoms with E-state index in [9.17, 15) is 14.0 Å². The molecule has 1 atom stereocenters. The second-order valence-electron chi connectivity index (χ2n) is 6.85. The fourth-order valence-corrected chi connectivity index (χ4v) is 4.62. The Morgan fingerprint density at radius 1 is 1.37 bits per heavy atom. The molecule has 0 saturated carbocycles. The van der Waals surface area contributed by atoms with Crippen molar-refractivity contribution in [1.29, 1.82) is 0 Å². The predicted octanol–water partition coefficient (Wildman–Crippen LogP) is 3.22. The van der Waals surface area contributed by atoms with Crippen molar-refractivity contribution in [2.45, 2.75) is 45.4 Å². The minimum absolute atomic E-state index is 0.000548. The van der Waals surface area contributed by atoms with Crippen molar-refractivity contribution >= 4 is 51.7 Å². The molecule has 162 valence electrons. The van der Waals surface area contributed by atoms with Crippen LogP contribution < -0.4 is 9.67 Å². The molecule has 0 spiro atoms. The van der Waals surface area contributed by atoms with Gasteiger partial charge in [-0.25, -0.2) is 14.1 Å². The molecule has 0 amide bonds. The Morgan fingerprint density at radius 2 is 2.07 bits per heavy atom. The number of esters is 1. The maximum absolute atomic E-state index is 14.5. The number of hydrogen-bond acceptors (Lipinski definition) is 7. The molecule has 11 heteroatoms. The molecule has 7 nitrogen and oxygen atoms in total. The zero-order valence-corrected chi connectivity index (χ0v) is 18.9. The van der Waals surface area contributed by atoms with E-state index in [0.717, 1.165) is 30.2 Å². The second kappa shape index (κ2) is 9.95. The van der Waals surface area contributed by atoms with Crippen molar-refractivity contribution in [2.75, 3.05) is 13.7 Å². The molecule has 1 aromatic carbocycles. The van der Waals surface area contributed by atoms with E-state index in [1.165, 1.54) is 13.2 Å². The van der Waals surface area contributed by atoms with E-state index in [2.05, 4.69) is 4.99 Å². The van der Waals surface area contributed by atoms with Crippen LogP contribution in [-0.2, 0) is 27.4 Å². The number of ether oxygens (including phenoxy) is 2. The standard InChI is InChI=1S/C19H21ClFN3O4S2/c1-11(10-27-2)28-17(25)9-16(29)12-7-15(14(21)8-13(12)20)22-18-23-5-3-4-6-24(23)19(26)30-18/h7-8,11H,3-6,9-10H2,1-2H3. The van der Waals surface area contributed by atoms with Crippen LogP contribution in [0.5, 0.6) is 0 Å². The third-order valence-electron chi connectivity index (χ3n) is 4.48. The predicted molar refractivity (Wildman–Crippen MR) is 116 cm³/mol. The van der Waals surface area contributed by atoms with Crippen molar-refractivity contribution in [3.63, 3.8) is 0 Å². The minimum atomic E-state index is -0.640. The van der Waals surface area contributed by atoms with Gasteiger partial charge < -0.3 is 9.47 Å². The molecule has 3 rings (SSSR count). The van der Waals surface area contributed by atoms with Crippen molar-refractivity contribution in [3.05, 3.63) is 43.0 Å². The highest BCUT2D eigenvalue weighted by atomic mass is 35.5. The fraction of sp³-hybridized carbons (Fsp3) is 0.474. The van der Waals surface area contributed by atoms with Crippen molar-refractivity contribution in [3.8, 4) is 0 Å². The average Bonchev–Trinajstić information content (AvgIpc) is 2.99. The molecule has 0 aliphatic carbocycles. The number of methoxy groups -OCH3 is 1. The lowest BCUT2D eigenvalue weighted by Crippen LogP contribution is -2.31. The smallest absolute Gasteiger partial charge is 0.325 e. The maximum Gasteiger partial charge on any atom is 0.325 e. The molecule has 0 fully saturated rings. The van der Waals surface area contributed by atoms with E-state index in [1.807, 2.05) is 0 Å². The van der Waals surface area contributed by atoms with Gasteiger partial charge >= 0.3 is 10.8 Å². The first kappa shape index (κ1) is 22.8. The van der Waals surface area contributed by atoms with Crippen LogP contribution in [0, 0.1) is 5.82 Å². The second-order valence-corrected chi connectivity index (χ2v) is 8.67. The van der Waals surface area contributed by atoms with Gasteiger partial charge in [0.1, 0.15) is 17.6 Å². The Hall–Kier alpha value is -1.88. The number of aromatic nitrogens is 2. The lowest BCUT2D eigenvalue weighted by Gasteiger charge is -2.16. The summed E-state index contributed by atoms with van der Waals surface area (Å²) in [5.74, 6) is -1.17. The highest BCUT2D eigenvalue weighted by molar-refractivity contribution is 7.81. The highest BCUT2D eigenvalue weighted by Crippen LogP contribution is 2.27. The Labute approximate surface area is 186 Å². The van der Waals surface area contributed by atoms with Crippen LogP contribution in [0.1, 0.15) is 31.7 Å². The lowest BCUT2D eigenvalue weighted by molar-refractivity contribution is -0.148. The van der Waals surface area contributed by atoms with Crippen LogP contribution in [0.4, 0.5) is 10.1 Å². The van der Waals surface area contributed by atoms with Gasteiger partial charge in [0.2, 0.25) is 4.80 Å². The Bertz CT molecular complexity index is 1090. The van der Waals surface area contributed by atoms with E-state index < -0.39 is 17.9 Å². The number of nitrogens with zero attached hydrogens (tertiary/aromatic N) is 3. The molecule has 0 saturated heterocycles. The fourth-order valence-electron chi connectivity index (χ4n) is 3.12. The molecule has 1 aliphatic heterocycles. The van der Waals surface area contributed by atoms with Crippen molar-refractivity contribution in [2.24, 2.45) is 4.99 Å². The normalized spacial score (nSPS) is 15.0. The summed E-state index contributed by atoms with van der Waals surface area (Å²) >= 11 is 12.5. The molecule has 0 bridgehead atoms. The molecule has 1 unspecified atom stereocenters. The van der Waals surface area contributed by atoms with Crippen LogP contribution in [0.15, 0.2) is 21.9 Å². The topological polar surface area (TPSA) is 74.8 Å². The first-order valence-electron chi connectivity index (χ1n) is 9.36.